The van der Waals surface area contributed by atoms with E-state index in [4.69, 9.17) is 0 Å². The van der Waals surface area contributed by atoms with Crippen molar-refractivity contribution in [2.45, 2.75) is 13.0 Å². The van der Waals surface area contributed by atoms with Crippen LogP contribution in [0.5, 0.6) is 0 Å². The van der Waals surface area contributed by atoms with Crippen LogP contribution >= 0.6 is 0 Å². The molecule has 0 fully saturated rings. The van der Waals surface area contributed by atoms with Crippen LogP contribution in [-0.4, -0.2) is 21.7 Å². The second kappa shape index (κ2) is 7.98. The summed E-state index contributed by atoms with van der Waals surface area (Å²) in [6, 6.07) is 17.1. The Bertz CT molecular complexity index is 878. The number of carbonyl (C=O) groups is 2. The van der Waals surface area contributed by atoms with Gasteiger partial charge in [0.25, 0.3) is 0 Å². The summed E-state index contributed by atoms with van der Waals surface area (Å²) in [7, 11) is 0. The first kappa shape index (κ1) is 17.2. The highest BCUT2D eigenvalue weighted by molar-refractivity contribution is 6.00. The van der Waals surface area contributed by atoms with Crippen molar-refractivity contribution in [3.8, 4) is 0 Å². The molecule has 3 rings (SSSR count). The van der Waals surface area contributed by atoms with Crippen LogP contribution in [0.25, 0.3) is 0 Å². The number of hydrogen-bond acceptors (Lipinski definition) is 3. The van der Waals surface area contributed by atoms with Crippen LogP contribution in [0.2, 0.25) is 0 Å². The number of nitrogens with zero attached hydrogens (tertiary/aromatic N) is 2. The van der Waals surface area contributed by atoms with Crippen LogP contribution in [-0.2, 0) is 4.79 Å². The highest BCUT2D eigenvalue weighted by atomic mass is 16.2. The van der Waals surface area contributed by atoms with Crippen molar-refractivity contribution >= 4 is 29.0 Å². The summed E-state index contributed by atoms with van der Waals surface area (Å²) in [5, 5.41) is 12.4. The quantitative estimate of drug-likeness (QED) is 0.656. The Morgan fingerprint density at radius 2 is 1.54 bits per heavy atom. The molecule has 3 amide bonds. The van der Waals surface area contributed by atoms with Crippen molar-refractivity contribution < 1.29 is 9.59 Å². The van der Waals surface area contributed by atoms with Gasteiger partial charge in [0.05, 0.1) is 0 Å². The van der Waals surface area contributed by atoms with E-state index in [1.165, 1.54) is 0 Å². The van der Waals surface area contributed by atoms with Gasteiger partial charge in [0.1, 0.15) is 6.04 Å². The maximum atomic E-state index is 12.3. The number of anilines is 3. The number of carbonyl (C=O) groups excluding carboxylic acids is 2. The Balaban J connectivity index is 1.61. The molecule has 2 aromatic carbocycles. The average molecular weight is 349 g/mol. The van der Waals surface area contributed by atoms with Crippen LogP contribution < -0.4 is 16.0 Å². The number of urea groups is 1. The van der Waals surface area contributed by atoms with E-state index in [2.05, 4.69) is 21.0 Å². The summed E-state index contributed by atoms with van der Waals surface area (Å²) in [4.78, 5) is 24.4. The van der Waals surface area contributed by atoms with E-state index in [-0.39, 0.29) is 11.9 Å². The fourth-order valence-electron chi connectivity index (χ4n) is 2.37. The predicted octanol–water partition coefficient (Wildman–Crippen LogP) is 3.73. The van der Waals surface area contributed by atoms with Gasteiger partial charge in [-0.05, 0) is 43.3 Å². The Morgan fingerprint density at radius 3 is 2.23 bits per heavy atom. The summed E-state index contributed by atoms with van der Waals surface area (Å²) in [6.45, 7) is 1.76. The standard InChI is InChI=1S/C19H19N5O2/c1-14(24-12-6-11-20-24)18(25)21-16-9-5-10-17(13-16)23-19(26)22-15-7-3-2-4-8-15/h2-14H,1H3,(H,21,25)(H2,22,23,26). The third-order valence-electron chi connectivity index (χ3n) is 3.72. The summed E-state index contributed by atoms with van der Waals surface area (Å²) in [6.07, 6.45) is 3.36. The van der Waals surface area contributed by atoms with Crippen LogP contribution in [0.15, 0.2) is 73.1 Å². The maximum Gasteiger partial charge on any atom is 0.323 e. The molecular formula is C19H19N5O2. The van der Waals surface area contributed by atoms with Crippen LogP contribution in [0.4, 0.5) is 21.9 Å². The molecule has 1 unspecified atom stereocenters. The number of amides is 3. The van der Waals surface area contributed by atoms with Gasteiger partial charge in [-0.25, -0.2) is 4.79 Å². The van der Waals surface area contributed by atoms with Gasteiger partial charge in [-0.15, -0.1) is 0 Å². The van der Waals surface area contributed by atoms with Gasteiger partial charge in [-0.2, -0.15) is 5.10 Å². The molecule has 26 heavy (non-hydrogen) atoms. The van der Waals surface area contributed by atoms with Crippen molar-refractivity contribution in [1.29, 1.82) is 0 Å². The SMILES string of the molecule is CC(C(=O)Nc1cccc(NC(=O)Nc2ccccc2)c1)n1cccn1. The Hall–Kier alpha value is -3.61. The molecule has 1 aromatic heterocycles. The lowest BCUT2D eigenvalue weighted by Gasteiger charge is -2.13. The molecule has 132 valence electrons. The van der Waals surface area contributed by atoms with Crippen molar-refractivity contribution in [2.75, 3.05) is 16.0 Å². The third kappa shape index (κ3) is 4.47. The van der Waals surface area contributed by atoms with Crippen molar-refractivity contribution in [3.05, 3.63) is 73.1 Å². The third-order valence-corrected chi connectivity index (χ3v) is 3.72. The summed E-state index contributed by atoms with van der Waals surface area (Å²) < 4.78 is 1.57. The van der Waals surface area contributed by atoms with E-state index in [1.807, 2.05) is 18.2 Å². The second-order valence-electron chi connectivity index (χ2n) is 5.68. The maximum absolute atomic E-state index is 12.3. The predicted molar refractivity (Wildman–Crippen MR) is 101 cm³/mol. The molecule has 3 N–H and O–H groups in total. The second-order valence-corrected chi connectivity index (χ2v) is 5.68. The number of para-hydroxylation sites is 1. The van der Waals surface area contributed by atoms with E-state index < -0.39 is 6.04 Å². The zero-order valence-electron chi connectivity index (χ0n) is 14.2. The molecule has 0 saturated heterocycles. The minimum Gasteiger partial charge on any atom is -0.324 e. The van der Waals surface area contributed by atoms with Gasteiger partial charge in [0.2, 0.25) is 5.91 Å². The summed E-state index contributed by atoms with van der Waals surface area (Å²) >= 11 is 0. The molecule has 0 saturated carbocycles. The molecule has 3 aromatic rings. The lowest BCUT2D eigenvalue weighted by molar-refractivity contribution is -0.119. The monoisotopic (exact) mass is 349 g/mol. The van der Waals surface area contributed by atoms with E-state index in [1.54, 1.807) is 66.5 Å². The average Bonchev–Trinajstić information content (AvgIpc) is 3.16. The Kier molecular flexibility index (Phi) is 5.28. The molecular weight excluding hydrogens is 330 g/mol. The lowest BCUT2D eigenvalue weighted by atomic mass is 10.2. The number of aromatic nitrogens is 2. The van der Waals surface area contributed by atoms with Gasteiger partial charge in [0, 0.05) is 29.5 Å². The van der Waals surface area contributed by atoms with E-state index in [0.717, 1.165) is 0 Å². The van der Waals surface area contributed by atoms with Gasteiger partial charge in [0.15, 0.2) is 0 Å². The molecule has 0 aliphatic heterocycles. The first-order valence-electron chi connectivity index (χ1n) is 8.15. The minimum atomic E-state index is -0.442. The highest BCUT2D eigenvalue weighted by Gasteiger charge is 2.15. The fourth-order valence-corrected chi connectivity index (χ4v) is 2.37. The minimum absolute atomic E-state index is 0.195. The number of rotatable bonds is 5. The topological polar surface area (TPSA) is 88.0 Å². The molecule has 0 spiro atoms. The van der Waals surface area contributed by atoms with Crippen molar-refractivity contribution in [3.63, 3.8) is 0 Å². The van der Waals surface area contributed by atoms with Gasteiger partial charge in [-0.1, -0.05) is 24.3 Å². The van der Waals surface area contributed by atoms with Crippen LogP contribution in [0, 0.1) is 0 Å². The molecule has 0 bridgehead atoms. The van der Waals surface area contributed by atoms with Crippen molar-refractivity contribution in [1.82, 2.24) is 9.78 Å². The normalized spacial score (nSPS) is 11.4. The van der Waals surface area contributed by atoms with E-state index in [0.29, 0.717) is 17.1 Å². The number of hydrogen-bond donors (Lipinski definition) is 3. The zero-order chi connectivity index (χ0) is 18.4. The highest BCUT2D eigenvalue weighted by Crippen LogP contribution is 2.17. The van der Waals surface area contributed by atoms with Crippen molar-refractivity contribution in [2.24, 2.45) is 0 Å². The molecule has 0 aliphatic carbocycles. The molecule has 7 heteroatoms. The van der Waals surface area contributed by atoms with Gasteiger partial charge < -0.3 is 16.0 Å². The fraction of sp³-hybridized carbons (Fsp3) is 0.105. The Morgan fingerprint density at radius 1 is 0.885 bits per heavy atom. The zero-order valence-corrected chi connectivity index (χ0v) is 14.2. The molecule has 0 aliphatic rings. The molecule has 1 heterocycles. The largest absolute Gasteiger partial charge is 0.324 e. The van der Waals surface area contributed by atoms with Gasteiger partial charge >= 0.3 is 6.03 Å². The number of nitrogens with one attached hydrogen (secondary N) is 3. The molecule has 0 radical (unpaired) electrons. The Labute approximate surface area is 151 Å². The van der Waals surface area contributed by atoms with Crippen LogP contribution in [0.1, 0.15) is 13.0 Å². The van der Waals surface area contributed by atoms with E-state index >= 15 is 0 Å². The molecule has 1 atom stereocenters. The lowest BCUT2D eigenvalue weighted by Crippen LogP contribution is -2.24. The summed E-state index contributed by atoms with van der Waals surface area (Å²) in [5.74, 6) is -0.195. The van der Waals surface area contributed by atoms with E-state index in [9.17, 15) is 9.59 Å². The smallest absolute Gasteiger partial charge is 0.323 e. The molecule has 7 nitrogen and oxygen atoms in total. The first-order chi connectivity index (χ1) is 12.6. The number of benzene rings is 2. The summed E-state index contributed by atoms with van der Waals surface area (Å²) in [5.41, 5.74) is 1.86. The van der Waals surface area contributed by atoms with Gasteiger partial charge in [-0.3, -0.25) is 9.48 Å². The van der Waals surface area contributed by atoms with Crippen LogP contribution in [0.3, 0.4) is 0 Å². The first-order valence-corrected chi connectivity index (χ1v) is 8.15.